The van der Waals surface area contributed by atoms with Gasteiger partial charge in [-0.15, -0.1) is 0 Å². The highest BCUT2D eigenvalue weighted by Crippen LogP contribution is 2.11. The predicted octanol–water partition coefficient (Wildman–Crippen LogP) is 1.61. The molecule has 0 atom stereocenters. The van der Waals surface area contributed by atoms with E-state index in [-0.39, 0.29) is 5.97 Å². The lowest BCUT2D eigenvalue weighted by Gasteiger charge is -2.10. The number of hydrogen-bond donors (Lipinski definition) is 2. The molecule has 0 aromatic carbocycles. The van der Waals surface area contributed by atoms with Gasteiger partial charge in [0.05, 0.1) is 7.11 Å². The number of methoxy groups -OCH3 is 1. The van der Waals surface area contributed by atoms with E-state index in [0.29, 0.717) is 11.7 Å². The van der Waals surface area contributed by atoms with Crippen LogP contribution >= 0.6 is 0 Å². The minimum absolute atomic E-state index is 0.325. The topological polar surface area (TPSA) is 54.1 Å². The number of nitrogens with one attached hydrogen (secondary N) is 2. The molecule has 4 nitrogen and oxygen atoms in total. The van der Waals surface area contributed by atoms with E-state index in [1.807, 2.05) is 12.3 Å². The number of aromatic amines is 1. The standard InChI is InChI=1S/C12H16N2O2/c1-16-12(15)11-6-9(8-14-11)7-13-10-4-2-3-5-10/h2-3,6,8,10,13-14H,4-5,7H2,1H3. The lowest BCUT2D eigenvalue weighted by Crippen LogP contribution is -2.25. The van der Waals surface area contributed by atoms with Gasteiger partial charge in [-0.3, -0.25) is 0 Å². The molecule has 1 aromatic heterocycles. The van der Waals surface area contributed by atoms with Gasteiger partial charge in [-0.05, 0) is 24.5 Å². The molecule has 1 aliphatic carbocycles. The molecule has 0 amide bonds. The quantitative estimate of drug-likeness (QED) is 0.598. The number of esters is 1. The summed E-state index contributed by atoms with van der Waals surface area (Å²) in [6.45, 7) is 0.778. The van der Waals surface area contributed by atoms with E-state index in [2.05, 4.69) is 27.2 Å². The van der Waals surface area contributed by atoms with Crippen molar-refractivity contribution in [3.63, 3.8) is 0 Å². The molecule has 1 aromatic rings. The van der Waals surface area contributed by atoms with Crippen LogP contribution in [0.2, 0.25) is 0 Å². The highest BCUT2D eigenvalue weighted by molar-refractivity contribution is 5.87. The zero-order valence-corrected chi connectivity index (χ0v) is 9.32. The van der Waals surface area contributed by atoms with Crippen molar-refractivity contribution >= 4 is 5.97 Å². The van der Waals surface area contributed by atoms with E-state index in [0.717, 1.165) is 24.9 Å². The molecule has 0 saturated heterocycles. The molecule has 0 spiro atoms. The fraction of sp³-hybridized carbons (Fsp3) is 0.417. The fourth-order valence-corrected chi connectivity index (χ4v) is 1.82. The van der Waals surface area contributed by atoms with E-state index in [1.54, 1.807) is 0 Å². The van der Waals surface area contributed by atoms with Crippen molar-refractivity contribution in [2.45, 2.75) is 25.4 Å². The van der Waals surface area contributed by atoms with Gasteiger partial charge in [0.15, 0.2) is 0 Å². The van der Waals surface area contributed by atoms with E-state index in [1.165, 1.54) is 7.11 Å². The first kappa shape index (κ1) is 11.0. The molecule has 86 valence electrons. The van der Waals surface area contributed by atoms with Gasteiger partial charge in [0, 0.05) is 18.8 Å². The molecular weight excluding hydrogens is 204 g/mol. The average molecular weight is 220 g/mol. The first-order valence-electron chi connectivity index (χ1n) is 5.43. The number of rotatable bonds is 4. The van der Waals surface area contributed by atoms with Crippen LogP contribution in [0, 0.1) is 0 Å². The predicted molar refractivity (Wildman–Crippen MR) is 61.1 cm³/mol. The summed E-state index contributed by atoms with van der Waals surface area (Å²) in [6.07, 6.45) is 8.40. The maximum atomic E-state index is 11.2. The molecule has 4 heteroatoms. The maximum Gasteiger partial charge on any atom is 0.354 e. The summed E-state index contributed by atoms with van der Waals surface area (Å²) in [6, 6.07) is 2.36. The number of aromatic nitrogens is 1. The molecule has 0 radical (unpaired) electrons. The van der Waals surface area contributed by atoms with Crippen LogP contribution in [-0.4, -0.2) is 24.1 Å². The summed E-state index contributed by atoms with van der Waals surface area (Å²) >= 11 is 0. The maximum absolute atomic E-state index is 11.2. The van der Waals surface area contributed by atoms with Crippen LogP contribution in [-0.2, 0) is 11.3 Å². The van der Waals surface area contributed by atoms with Gasteiger partial charge in [-0.25, -0.2) is 4.79 Å². The summed E-state index contributed by atoms with van der Waals surface area (Å²) in [4.78, 5) is 14.1. The van der Waals surface area contributed by atoms with Crippen LogP contribution < -0.4 is 5.32 Å². The molecule has 0 unspecified atom stereocenters. The Morgan fingerprint density at radius 2 is 2.31 bits per heavy atom. The van der Waals surface area contributed by atoms with Crippen LogP contribution in [0.5, 0.6) is 0 Å². The van der Waals surface area contributed by atoms with Gasteiger partial charge < -0.3 is 15.0 Å². The lowest BCUT2D eigenvalue weighted by molar-refractivity contribution is 0.0595. The minimum Gasteiger partial charge on any atom is -0.464 e. The number of ether oxygens (including phenoxy) is 1. The summed E-state index contributed by atoms with van der Waals surface area (Å²) < 4.78 is 4.63. The zero-order valence-electron chi connectivity index (χ0n) is 9.32. The number of carbonyl (C=O) groups excluding carboxylic acids is 1. The van der Waals surface area contributed by atoms with Crippen LogP contribution in [0.4, 0.5) is 0 Å². The smallest absolute Gasteiger partial charge is 0.354 e. The largest absolute Gasteiger partial charge is 0.464 e. The van der Waals surface area contributed by atoms with Gasteiger partial charge >= 0.3 is 5.97 Å². The van der Waals surface area contributed by atoms with Gasteiger partial charge in [-0.1, -0.05) is 12.2 Å². The highest BCUT2D eigenvalue weighted by atomic mass is 16.5. The molecule has 0 saturated carbocycles. The van der Waals surface area contributed by atoms with Gasteiger partial charge in [0.25, 0.3) is 0 Å². The van der Waals surface area contributed by atoms with Crippen LogP contribution in [0.15, 0.2) is 24.4 Å². The SMILES string of the molecule is COC(=O)c1cc(CNC2CC=CC2)c[nH]1. The van der Waals surface area contributed by atoms with Crippen LogP contribution in [0.1, 0.15) is 28.9 Å². The summed E-state index contributed by atoms with van der Waals surface area (Å²) in [5, 5.41) is 3.43. The van der Waals surface area contributed by atoms with Crippen LogP contribution in [0.3, 0.4) is 0 Å². The Kier molecular flexibility index (Phi) is 3.41. The number of H-pyrrole nitrogens is 1. The second kappa shape index (κ2) is 4.99. The summed E-state index contributed by atoms with van der Waals surface area (Å²) in [7, 11) is 1.38. The molecule has 0 aliphatic heterocycles. The van der Waals surface area contributed by atoms with Gasteiger partial charge in [-0.2, -0.15) is 0 Å². The molecular formula is C12H16N2O2. The fourth-order valence-electron chi connectivity index (χ4n) is 1.82. The van der Waals surface area contributed by atoms with Gasteiger partial charge in [0.1, 0.15) is 5.69 Å². The third-order valence-electron chi connectivity index (χ3n) is 2.75. The van der Waals surface area contributed by atoms with Crippen molar-refractivity contribution < 1.29 is 9.53 Å². The van der Waals surface area contributed by atoms with Crippen molar-refractivity contribution in [1.29, 1.82) is 0 Å². The monoisotopic (exact) mass is 220 g/mol. The Bertz CT molecular complexity index is 387. The van der Waals surface area contributed by atoms with E-state index < -0.39 is 0 Å². The van der Waals surface area contributed by atoms with Crippen molar-refractivity contribution in [3.8, 4) is 0 Å². The average Bonchev–Trinajstić information content (AvgIpc) is 2.96. The molecule has 0 fully saturated rings. The van der Waals surface area contributed by atoms with E-state index >= 15 is 0 Å². The Hall–Kier alpha value is -1.55. The third-order valence-corrected chi connectivity index (χ3v) is 2.75. The van der Waals surface area contributed by atoms with Crippen molar-refractivity contribution in [3.05, 3.63) is 35.7 Å². The van der Waals surface area contributed by atoms with Gasteiger partial charge in [0.2, 0.25) is 0 Å². The van der Waals surface area contributed by atoms with Crippen molar-refractivity contribution in [2.75, 3.05) is 7.11 Å². The molecule has 1 heterocycles. The van der Waals surface area contributed by atoms with Crippen molar-refractivity contribution in [1.82, 2.24) is 10.3 Å². The minimum atomic E-state index is -0.325. The Balaban J connectivity index is 1.85. The highest BCUT2D eigenvalue weighted by Gasteiger charge is 2.11. The Morgan fingerprint density at radius 3 is 3.00 bits per heavy atom. The Morgan fingerprint density at radius 1 is 1.56 bits per heavy atom. The lowest BCUT2D eigenvalue weighted by atomic mass is 10.2. The molecule has 16 heavy (non-hydrogen) atoms. The molecule has 1 aliphatic rings. The second-order valence-electron chi connectivity index (χ2n) is 3.93. The van der Waals surface area contributed by atoms with Crippen LogP contribution in [0.25, 0.3) is 0 Å². The third kappa shape index (κ3) is 2.52. The zero-order chi connectivity index (χ0) is 11.4. The first-order valence-corrected chi connectivity index (χ1v) is 5.43. The molecule has 2 rings (SSSR count). The van der Waals surface area contributed by atoms with E-state index in [4.69, 9.17) is 0 Å². The second-order valence-corrected chi connectivity index (χ2v) is 3.93. The first-order chi connectivity index (χ1) is 7.79. The normalized spacial score (nSPS) is 15.6. The molecule has 2 N–H and O–H groups in total. The summed E-state index contributed by atoms with van der Waals surface area (Å²) in [5.41, 5.74) is 1.58. The van der Waals surface area contributed by atoms with E-state index in [9.17, 15) is 4.79 Å². The number of carbonyl (C=O) groups is 1. The Labute approximate surface area is 94.7 Å². The van der Waals surface area contributed by atoms with Crippen molar-refractivity contribution in [2.24, 2.45) is 0 Å². The molecule has 0 bridgehead atoms. The number of hydrogen-bond acceptors (Lipinski definition) is 3. The summed E-state index contributed by atoms with van der Waals surface area (Å²) in [5.74, 6) is -0.325.